The first-order valence-corrected chi connectivity index (χ1v) is 9.70. The molecule has 2 aromatic carbocycles. The molecule has 1 heterocycles. The lowest BCUT2D eigenvalue weighted by molar-refractivity contribution is 0.604. The molecule has 1 N–H and O–H groups in total. The summed E-state index contributed by atoms with van der Waals surface area (Å²) in [4.78, 5) is 1.84. The van der Waals surface area contributed by atoms with Crippen LogP contribution < -0.4 is 10.2 Å². The molecule has 4 nitrogen and oxygen atoms in total. The predicted octanol–water partition coefficient (Wildman–Crippen LogP) is 3.51. The van der Waals surface area contributed by atoms with Crippen molar-refractivity contribution in [1.82, 2.24) is 0 Å². The molecule has 0 fully saturated rings. The maximum atomic E-state index is 11.8. The maximum absolute atomic E-state index is 11.8. The normalized spacial score (nSPS) is 18.3. The number of rotatable bonds is 3. The van der Waals surface area contributed by atoms with Crippen molar-refractivity contribution in [3.05, 3.63) is 71.6 Å². The van der Waals surface area contributed by atoms with E-state index in [0.717, 1.165) is 16.9 Å². The molecular formula is C18H18N2O2S2. The zero-order chi connectivity index (χ0) is 17.2. The number of hydrogen-bond donors (Lipinski definition) is 1. The SMILES string of the molecule is Cc1ccc(NC(=S)N(c2ccccc2)[C@H]2C=CS(=O)(=O)C2)cc1. The molecule has 0 aromatic heterocycles. The Bertz CT molecular complexity index is 860. The number of hydrogen-bond acceptors (Lipinski definition) is 3. The summed E-state index contributed by atoms with van der Waals surface area (Å²) in [7, 11) is -3.17. The summed E-state index contributed by atoms with van der Waals surface area (Å²) >= 11 is 5.57. The molecule has 0 saturated heterocycles. The van der Waals surface area contributed by atoms with Crippen LogP contribution in [0, 0.1) is 6.92 Å². The second-order valence-corrected chi connectivity index (χ2v) is 8.05. The molecule has 0 bridgehead atoms. The van der Waals surface area contributed by atoms with Crippen LogP contribution >= 0.6 is 12.2 Å². The zero-order valence-electron chi connectivity index (χ0n) is 13.2. The molecule has 0 saturated carbocycles. The van der Waals surface area contributed by atoms with Crippen molar-refractivity contribution >= 4 is 38.5 Å². The Morgan fingerprint density at radius 2 is 1.79 bits per heavy atom. The average Bonchev–Trinajstić information content (AvgIpc) is 2.90. The third-order valence-corrected chi connectivity index (χ3v) is 5.48. The lowest BCUT2D eigenvalue weighted by Crippen LogP contribution is -2.43. The summed E-state index contributed by atoms with van der Waals surface area (Å²) in [6.45, 7) is 2.02. The number of anilines is 2. The number of sulfone groups is 1. The van der Waals surface area contributed by atoms with Crippen molar-refractivity contribution in [3.63, 3.8) is 0 Å². The molecule has 0 unspecified atom stereocenters. The topological polar surface area (TPSA) is 49.4 Å². The lowest BCUT2D eigenvalue weighted by atomic mass is 10.2. The first-order valence-electron chi connectivity index (χ1n) is 7.57. The fourth-order valence-corrected chi connectivity index (χ4v) is 4.22. The second kappa shape index (κ2) is 6.75. The minimum Gasteiger partial charge on any atom is -0.332 e. The smallest absolute Gasteiger partial charge is 0.178 e. The van der Waals surface area contributed by atoms with E-state index in [1.54, 1.807) is 6.08 Å². The Hall–Kier alpha value is -2.18. The van der Waals surface area contributed by atoms with E-state index in [-0.39, 0.29) is 11.8 Å². The van der Waals surface area contributed by atoms with Crippen LogP contribution in [-0.2, 0) is 9.84 Å². The van der Waals surface area contributed by atoms with E-state index in [1.165, 1.54) is 5.41 Å². The summed E-state index contributed by atoms with van der Waals surface area (Å²) < 4.78 is 23.6. The van der Waals surface area contributed by atoms with Crippen LogP contribution in [0.25, 0.3) is 0 Å². The van der Waals surface area contributed by atoms with Crippen LogP contribution in [0.4, 0.5) is 11.4 Å². The van der Waals surface area contributed by atoms with E-state index in [0.29, 0.717) is 5.11 Å². The van der Waals surface area contributed by atoms with Crippen LogP contribution in [0.1, 0.15) is 5.56 Å². The van der Waals surface area contributed by atoms with Gasteiger partial charge in [-0.1, -0.05) is 35.9 Å². The Labute approximate surface area is 147 Å². The third-order valence-electron chi connectivity index (χ3n) is 3.80. The van der Waals surface area contributed by atoms with Gasteiger partial charge in [0.1, 0.15) is 0 Å². The molecule has 1 aliphatic heterocycles. The van der Waals surface area contributed by atoms with Crippen molar-refractivity contribution < 1.29 is 8.42 Å². The highest BCUT2D eigenvalue weighted by Gasteiger charge is 2.29. The van der Waals surface area contributed by atoms with Gasteiger partial charge in [-0.25, -0.2) is 8.42 Å². The fourth-order valence-electron chi connectivity index (χ4n) is 2.59. The van der Waals surface area contributed by atoms with Crippen molar-refractivity contribution in [3.8, 4) is 0 Å². The molecule has 0 amide bonds. The summed E-state index contributed by atoms with van der Waals surface area (Å²) in [5.41, 5.74) is 2.89. The number of nitrogens with one attached hydrogen (secondary N) is 1. The molecule has 0 radical (unpaired) electrons. The van der Waals surface area contributed by atoms with E-state index in [1.807, 2.05) is 66.4 Å². The Morgan fingerprint density at radius 3 is 2.38 bits per heavy atom. The van der Waals surface area contributed by atoms with Gasteiger partial charge in [-0.3, -0.25) is 0 Å². The van der Waals surface area contributed by atoms with Crippen molar-refractivity contribution in [2.45, 2.75) is 13.0 Å². The fraction of sp³-hybridized carbons (Fsp3) is 0.167. The molecule has 6 heteroatoms. The quantitative estimate of drug-likeness (QED) is 0.851. The minimum absolute atomic E-state index is 0.0254. The number of thiocarbonyl (C=S) groups is 1. The molecule has 3 rings (SSSR count). The highest BCUT2D eigenvalue weighted by Crippen LogP contribution is 2.24. The highest BCUT2D eigenvalue weighted by atomic mass is 32.2. The molecule has 2 aromatic rings. The van der Waals surface area contributed by atoms with E-state index in [4.69, 9.17) is 12.2 Å². The highest BCUT2D eigenvalue weighted by molar-refractivity contribution is 7.94. The van der Waals surface area contributed by atoms with Crippen molar-refractivity contribution in [2.24, 2.45) is 0 Å². The molecular weight excluding hydrogens is 340 g/mol. The predicted molar refractivity (Wildman–Crippen MR) is 103 cm³/mol. The van der Waals surface area contributed by atoms with Gasteiger partial charge in [0.2, 0.25) is 0 Å². The van der Waals surface area contributed by atoms with E-state index in [9.17, 15) is 8.42 Å². The number of para-hydroxylation sites is 1. The Morgan fingerprint density at radius 1 is 1.12 bits per heavy atom. The van der Waals surface area contributed by atoms with Gasteiger partial charge in [0.15, 0.2) is 14.9 Å². The zero-order valence-corrected chi connectivity index (χ0v) is 14.8. The standard InChI is InChI=1S/C18H18N2O2S2/c1-14-7-9-15(10-8-14)19-18(23)20(16-5-3-2-4-6-16)17-11-12-24(21,22)13-17/h2-12,17H,13H2,1H3,(H,19,23)/t17-/m0/s1. The van der Waals surface area contributed by atoms with Gasteiger partial charge in [0.05, 0.1) is 11.8 Å². The lowest BCUT2D eigenvalue weighted by Gasteiger charge is -2.30. The molecule has 1 aliphatic rings. The molecule has 124 valence electrons. The summed E-state index contributed by atoms with van der Waals surface area (Å²) in [5, 5.41) is 4.94. The van der Waals surface area contributed by atoms with Crippen LogP contribution in [0.5, 0.6) is 0 Å². The van der Waals surface area contributed by atoms with Gasteiger partial charge in [-0.05, 0) is 49.5 Å². The van der Waals surface area contributed by atoms with Crippen LogP contribution in [0.15, 0.2) is 66.1 Å². The van der Waals surface area contributed by atoms with Gasteiger partial charge in [0, 0.05) is 16.8 Å². The Kier molecular flexibility index (Phi) is 4.69. The molecule has 0 aliphatic carbocycles. The van der Waals surface area contributed by atoms with E-state index < -0.39 is 9.84 Å². The van der Waals surface area contributed by atoms with Gasteiger partial charge in [0.25, 0.3) is 0 Å². The first-order chi connectivity index (χ1) is 11.4. The van der Waals surface area contributed by atoms with Gasteiger partial charge in [-0.2, -0.15) is 0 Å². The summed E-state index contributed by atoms with van der Waals surface area (Å²) in [6, 6.07) is 17.1. The summed E-state index contributed by atoms with van der Waals surface area (Å²) in [6.07, 6.45) is 1.69. The average molecular weight is 358 g/mol. The van der Waals surface area contributed by atoms with Gasteiger partial charge >= 0.3 is 0 Å². The monoisotopic (exact) mass is 358 g/mol. The van der Waals surface area contributed by atoms with E-state index >= 15 is 0 Å². The van der Waals surface area contributed by atoms with Crippen LogP contribution in [0.3, 0.4) is 0 Å². The van der Waals surface area contributed by atoms with Crippen LogP contribution in [-0.4, -0.2) is 25.3 Å². The molecule has 0 spiro atoms. The van der Waals surface area contributed by atoms with Gasteiger partial charge < -0.3 is 10.2 Å². The number of benzene rings is 2. The van der Waals surface area contributed by atoms with Crippen molar-refractivity contribution in [2.75, 3.05) is 16.0 Å². The van der Waals surface area contributed by atoms with Crippen molar-refractivity contribution in [1.29, 1.82) is 0 Å². The first kappa shape index (κ1) is 16.7. The van der Waals surface area contributed by atoms with Crippen LogP contribution in [0.2, 0.25) is 0 Å². The molecule has 1 atom stereocenters. The third kappa shape index (κ3) is 3.83. The van der Waals surface area contributed by atoms with Gasteiger partial charge in [-0.15, -0.1) is 0 Å². The summed E-state index contributed by atoms with van der Waals surface area (Å²) in [5.74, 6) is 0.0254. The van der Waals surface area contributed by atoms with E-state index in [2.05, 4.69) is 5.32 Å². The minimum atomic E-state index is -3.17. The number of aryl methyl sites for hydroxylation is 1. The second-order valence-electron chi connectivity index (χ2n) is 5.73. The number of nitrogens with zero attached hydrogens (tertiary/aromatic N) is 1. The Balaban J connectivity index is 1.88. The largest absolute Gasteiger partial charge is 0.332 e. The maximum Gasteiger partial charge on any atom is 0.178 e. The molecule has 24 heavy (non-hydrogen) atoms.